The van der Waals surface area contributed by atoms with Crippen LogP contribution < -0.4 is 9.64 Å². The van der Waals surface area contributed by atoms with Gasteiger partial charge in [-0.3, -0.25) is 9.88 Å². The topological polar surface area (TPSA) is 83.8 Å². The molecule has 2 unspecified atom stereocenters. The van der Waals surface area contributed by atoms with Crippen LogP contribution in [0.5, 0.6) is 11.8 Å². The van der Waals surface area contributed by atoms with E-state index < -0.39 is 23.3 Å². The molecule has 4 fully saturated rings. The van der Waals surface area contributed by atoms with Gasteiger partial charge in [0.1, 0.15) is 41.4 Å². The number of fused-ring (bicyclic) bond motifs is 4. The first-order chi connectivity index (χ1) is 21.3. The first-order valence-corrected chi connectivity index (χ1v) is 15.0. The van der Waals surface area contributed by atoms with Crippen molar-refractivity contribution in [2.24, 2.45) is 0 Å². The fourth-order valence-electron chi connectivity index (χ4n) is 7.46. The van der Waals surface area contributed by atoms with Crippen LogP contribution in [0.3, 0.4) is 0 Å². The normalized spacial score (nSPS) is 26.4. The number of aromatic hydroxyl groups is 1. The summed E-state index contributed by atoms with van der Waals surface area (Å²) in [6, 6.07) is 5.53. The van der Waals surface area contributed by atoms with Gasteiger partial charge in [0.2, 0.25) is 0 Å². The van der Waals surface area contributed by atoms with Crippen LogP contribution >= 0.6 is 0 Å². The number of hydrogen-bond donors (Lipinski definition) is 1. The number of halogens is 3. The van der Waals surface area contributed by atoms with Crippen molar-refractivity contribution in [1.29, 1.82) is 0 Å². The SMILES string of the molecule is C#Cc1c(F)ccc2cc(O)cc(-c3ncc4c(N5CCCOC6CC65)nc(OC[C@@]56CCCN5C[C@H](F)C6)nc4c3F)c12. The molecule has 11 heteroatoms. The molecule has 44 heavy (non-hydrogen) atoms. The number of pyridine rings is 1. The van der Waals surface area contributed by atoms with Crippen LogP contribution in [0.15, 0.2) is 30.5 Å². The molecule has 1 saturated carbocycles. The number of aromatic nitrogens is 3. The summed E-state index contributed by atoms with van der Waals surface area (Å²) in [6.07, 6.45) is 10.1. The maximum absolute atomic E-state index is 16.7. The second-order valence-corrected chi connectivity index (χ2v) is 12.3. The van der Waals surface area contributed by atoms with E-state index in [1.165, 1.54) is 30.5 Å². The molecule has 1 aliphatic carbocycles. The Hall–Kier alpha value is -4.14. The minimum Gasteiger partial charge on any atom is -0.508 e. The van der Waals surface area contributed by atoms with Gasteiger partial charge in [0.05, 0.1) is 28.6 Å². The number of benzene rings is 2. The van der Waals surface area contributed by atoms with Gasteiger partial charge in [-0.05, 0) is 55.8 Å². The molecule has 5 heterocycles. The van der Waals surface area contributed by atoms with Gasteiger partial charge in [-0.25, -0.2) is 13.2 Å². The smallest absolute Gasteiger partial charge is 0.319 e. The van der Waals surface area contributed by atoms with Crippen molar-refractivity contribution in [3.63, 3.8) is 0 Å². The van der Waals surface area contributed by atoms with Crippen LogP contribution in [0.25, 0.3) is 32.9 Å². The second kappa shape index (κ2) is 10.2. The lowest BCUT2D eigenvalue weighted by Crippen LogP contribution is -2.43. The Morgan fingerprint density at radius 2 is 2.07 bits per heavy atom. The van der Waals surface area contributed by atoms with Crippen molar-refractivity contribution < 1.29 is 27.8 Å². The summed E-state index contributed by atoms with van der Waals surface area (Å²) in [7, 11) is 0. The summed E-state index contributed by atoms with van der Waals surface area (Å²) in [5.41, 5.74) is -0.521. The molecule has 2 aromatic heterocycles. The Bertz CT molecular complexity index is 1870. The number of terminal acetylenes is 1. The lowest BCUT2D eigenvalue weighted by molar-refractivity contribution is 0.107. The van der Waals surface area contributed by atoms with E-state index >= 15 is 4.39 Å². The highest BCUT2D eigenvalue weighted by Crippen LogP contribution is 2.43. The summed E-state index contributed by atoms with van der Waals surface area (Å²) in [4.78, 5) is 18.0. The van der Waals surface area contributed by atoms with E-state index in [2.05, 4.69) is 25.7 Å². The highest BCUT2D eigenvalue weighted by atomic mass is 19.1. The van der Waals surface area contributed by atoms with E-state index in [0.717, 1.165) is 32.2 Å². The zero-order chi connectivity index (χ0) is 30.2. The molecule has 0 amide bonds. The highest BCUT2D eigenvalue weighted by Gasteiger charge is 2.50. The molecule has 0 radical (unpaired) electrons. The molecule has 226 valence electrons. The molecule has 3 aliphatic heterocycles. The first-order valence-electron chi connectivity index (χ1n) is 15.0. The molecule has 4 atom stereocenters. The maximum atomic E-state index is 16.7. The molecule has 1 N–H and O–H groups in total. The van der Waals surface area contributed by atoms with Gasteiger partial charge in [-0.15, -0.1) is 6.42 Å². The van der Waals surface area contributed by atoms with Crippen LogP contribution in [0.2, 0.25) is 0 Å². The van der Waals surface area contributed by atoms with Crippen molar-refractivity contribution in [3.8, 4) is 35.4 Å². The van der Waals surface area contributed by atoms with E-state index in [9.17, 15) is 13.9 Å². The Kier molecular flexibility index (Phi) is 6.36. The summed E-state index contributed by atoms with van der Waals surface area (Å²) >= 11 is 0. The lowest BCUT2D eigenvalue weighted by atomic mass is 9.95. The van der Waals surface area contributed by atoms with E-state index in [-0.39, 0.29) is 58.2 Å². The molecule has 4 aromatic rings. The monoisotopic (exact) mass is 601 g/mol. The summed E-state index contributed by atoms with van der Waals surface area (Å²) in [6.45, 7) is 2.66. The van der Waals surface area contributed by atoms with Crippen molar-refractivity contribution in [1.82, 2.24) is 19.9 Å². The number of rotatable bonds is 5. The predicted octanol–water partition coefficient (Wildman–Crippen LogP) is 5.13. The molecular weight excluding hydrogens is 571 g/mol. The Morgan fingerprint density at radius 1 is 1.18 bits per heavy atom. The van der Waals surface area contributed by atoms with E-state index in [1.54, 1.807) is 0 Å². The number of phenolic OH excluding ortho intramolecular Hbond substituents is 1. The number of anilines is 1. The predicted molar refractivity (Wildman–Crippen MR) is 158 cm³/mol. The van der Waals surface area contributed by atoms with Gasteiger partial charge >= 0.3 is 6.01 Å². The Balaban J connectivity index is 1.28. The quantitative estimate of drug-likeness (QED) is 0.315. The summed E-state index contributed by atoms with van der Waals surface area (Å²) in [5.74, 6) is 1.29. The third-order valence-corrected chi connectivity index (χ3v) is 9.57. The third kappa shape index (κ3) is 4.34. The van der Waals surface area contributed by atoms with Gasteiger partial charge in [-0.2, -0.15) is 9.97 Å². The molecule has 2 aromatic carbocycles. The van der Waals surface area contributed by atoms with E-state index in [0.29, 0.717) is 42.7 Å². The zero-order valence-corrected chi connectivity index (χ0v) is 23.9. The fourth-order valence-corrected chi connectivity index (χ4v) is 7.46. The number of phenols is 1. The zero-order valence-electron chi connectivity index (χ0n) is 23.9. The van der Waals surface area contributed by atoms with Gasteiger partial charge in [0.15, 0.2) is 5.82 Å². The molecular formula is C33H30F3N5O3. The van der Waals surface area contributed by atoms with E-state index in [1.807, 2.05) is 0 Å². The van der Waals surface area contributed by atoms with Crippen LogP contribution in [0, 0.1) is 24.0 Å². The third-order valence-electron chi connectivity index (χ3n) is 9.57. The van der Waals surface area contributed by atoms with Crippen LogP contribution in [0.1, 0.15) is 37.7 Å². The van der Waals surface area contributed by atoms with Gasteiger partial charge in [0, 0.05) is 43.3 Å². The largest absolute Gasteiger partial charge is 0.508 e. The average Bonchev–Trinajstić information content (AvgIpc) is 3.62. The van der Waals surface area contributed by atoms with Crippen LogP contribution in [-0.4, -0.2) is 81.7 Å². The van der Waals surface area contributed by atoms with Crippen molar-refractivity contribution >= 4 is 27.5 Å². The Morgan fingerprint density at radius 3 is 2.93 bits per heavy atom. The molecule has 8 rings (SSSR count). The van der Waals surface area contributed by atoms with Crippen LogP contribution in [-0.2, 0) is 4.74 Å². The summed E-state index contributed by atoms with van der Waals surface area (Å²) < 4.78 is 58.1. The lowest BCUT2D eigenvalue weighted by Gasteiger charge is -2.31. The van der Waals surface area contributed by atoms with Gasteiger partial charge < -0.3 is 19.5 Å². The maximum Gasteiger partial charge on any atom is 0.319 e. The molecule has 3 saturated heterocycles. The van der Waals surface area contributed by atoms with Gasteiger partial charge in [0.25, 0.3) is 0 Å². The first kappa shape index (κ1) is 27.4. The minimum atomic E-state index is -0.920. The van der Waals surface area contributed by atoms with Crippen LogP contribution in [0.4, 0.5) is 19.0 Å². The molecule has 0 spiro atoms. The molecule has 8 nitrogen and oxygen atoms in total. The van der Waals surface area contributed by atoms with Crippen molar-refractivity contribution in [3.05, 3.63) is 47.7 Å². The molecule has 0 bridgehead atoms. The highest BCUT2D eigenvalue weighted by molar-refractivity contribution is 6.03. The second-order valence-electron chi connectivity index (χ2n) is 12.3. The number of nitrogens with zero attached hydrogens (tertiary/aromatic N) is 5. The average molecular weight is 602 g/mol. The number of alkyl halides is 1. The summed E-state index contributed by atoms with van der Waals surface area (Å²) in [5, 5.41) is 11.6. The number of hydrogen-bond acceptors (Lipinski definition) is 8. The van der Waals surface area contributed by atoms with E-state index in [4.69, 9.17) is 20.9 Å². The standard InChI is InChI=1S/C33H30F3N5O3/c1-2-21-24(35)6-5-18-11-20(42)12-22(27(18)21)29-28(36)30-23(15-37-29)31(41-9-4-10-43-26-13-25(26)41)39-32(38-30)44-17-33-7-3-8-40(33)16-19(34)14-33/h1,5-6,11-12,15,19,25-26,42H,3-4,7-10,13-14,16-17H2/t19-,25?,26?,33+/m1/s1. The fraction of sp³-hybridized carbons (Fsp3) is 0.424. The van der Waals surface area contributed by atoms with Crippen molar-refractivity contribution in [2.45, 2.75) is 56.0 Å². The van der Waals surface area contributed by atoms with Crippen molar-refractivity contribution in [2.75, 3.05) is 37.7 Å². The molecule has 4 aliphatic rings. The Labute approximate surface area is 251 Å². The number of ether oxygens (including phenoxy) is 2. The van der Waals surface area contributed by atoms with Gasteiger partial charge in [-0.1, -0.05) is 12.0 Å². The minimum absolute atomic E-state index is 0.00873.